The highest BCUT2D eigenvalue weighted by Crippen LogP contribution is 2.28. The number of rotatable bonds is 7. The van der Waals surface area contributed by atoms with Crippen molar-refractivity contribution in [2.24, 2.45) is 16.9 Å². The van der Waals surface area contributed by atoms with Gasteiger partial charge in [0.2, 0.25) is 11.8 Å². The lowest BCUT2D eigenvalue weighted by Gasteiger charge is -2.36. The fourth-order valence-electron chi connectivity index (χ4n) is 1.89. The number of nitrogens with zero attached hydrogens (tertiary/aromatic N) is 1. The van der Waals surface area contributed by atoms with Gasteiger partial charge in [-0.3, -0.25) is 9.59 Å². The van der Waals surface area contributed by atoms with Gasteiger partial charge in [0.05, 0.1) is 12.0 Å². The molecule has 100 valence electrons. The summed E-state index contributed by atoms with van der Waals surface area (Å²) >= 11 is 0. The van der Waals surface area contributed by atoms with E-state index in [1.807, 2.05) is 27.7 Å². The molecule has 0 saturated heterocycles. The molecule has 2 amide bonds. The van der Waals surface area contributed by atoms with Gasteiger partial charge in [-0.25, -0.2) is 0 Å². The van der Waals surface area contributed by atoms with Crippen molar-refractivity contribution in [1.82, 2.24) is 4.90 Å². The maximum atomic E-state index is 12.5. The Morgan fingerprint density at radius 1 is 1.24 bits per heavy atom. The van der Waals surface area contributed by atoms with E-state index in [-0.39, 0.29) is 18.5 Å². The zero-order chi connectivity index (χ0) is 13.6. The molecule has 0 fully saturated rings. The number of amides is 2. The number of carbonyl (C=O) groups excluding carboxylic acids is 2. The van der Waals surface area contributed by atoms with E-state index >= 15 is 0 Å². The van der Waals surface area contributed by atoms with Crippen LogP contribution in [0.3, 0.4) is 0 Å². The van der Waals surface area contributed by atoms with E-state index in [4.69, 9.17) is 11.5 Å². The normalized spacial score (nSPS) is 11.6. The highest BCUT2D eigenvalue weighted by atomic mass is 16.2. The Bertz CT molecular complexity index is 265. The van der Waals surface area contributed by atoms with E-state index in [0.29, 0.717) is 19.4 Å². The molecular formula is C12H25N3O2. The molecule has 0 heterocycles. The second-order valence-corrected chi connectivity index (χ2v) is 4.68. The summed E-state index contributed by atoms with van der Waals surface area (Å²) in [5.41, 5.74) is 10.3. The van der Waals surface area contributed by atoms with Crippen LogP contribution < -0.4 is 11.5 Å². The van der Waals surface area contributed by atoms with Gasteiger partial charge in [0.15, 0.2) is 0 Å². The van der Waals surface area contributed by atoms with Gasteiger partial charge < -0.3 is 16.4 Å². The van der Waals surface area contributed by atoms with Crippen LogP contribution in [-0.4, -0.2) is 35.8 Å². The third kappa shape index (κ3) is 3.70. The highest BCUT2D eigenvalue weighted by molar-refractivity contribution is 5.87. The van der Waals surface area contributed by atoms with Gasteiger partial charge in [0.1, 0.15) is 0 Å². The van der Waals surface area contributed by atoms with Crippen LogP contribution in [0.25, 0.3) is 0 Å². The third-order valence-corrected chi connectivity index (χ3v) is 3.41. The quantitative estimate of drug-likeness (QED) is 0.681. The minimum Gasteiger partial charge on any atom is -0.368 e. The Morgan fingerprint density at radius 3 is 1.94 bits per heavy atom. The Balaban J connectivity index is 5.10. The van der Waals surface area contributed by atoms with Crippen LogP contribution >= 0.6 is 0 Å². The van der Waals surface area contributed by atoms with Crippen molar-refractivity contribution in [2.75, 3.05) is 13.1 Å². The predicted octanol–water partition coefficient (Wildman–Crippen LogP) is 0.474. The molecule has 0 aromatic carbocycles. The summed E-state index contributed by atoms with van der Waals surface area (Å²) in [7, 11) is 0. The van der Waals surface area contributed by atoms with Crippen LogP contribution in [0.2, 0.25) is 0 Å². The van der Waals surface area contributed by atoms with Gasteiger partial charge in [-0.2, -0.15) is 0 Å². The summed E-state index contributed by atoms with van der Waals surface area (Å²) in [6.45, 7) is 7.87. The molecule has 0 aliphatic heterocycles. The molecule has 0 radical (unpaired) electrons. The molecule has 0 spiro atoms. The number of hydrogen-bond acceptors (Lipinski definition) is 3. The minimum absolute atomic E-state index is 0.0434. The first-order chi connectivity index (χ1) is 7.84. The topological polar surface area (TPSA) is 89.4 Å². The van der Waals surface area contributed by atoms with Crippen molar-refractivity contribution in [3.63, 3.8) is 0 Å². The number of nitrogens with two attached hydrogens (primary N) is 2. The molecule has 0 unspecified atom stereocenters. The summed E-state index contributed by atoms with van der Waals surface area (Å²) in [5.74, 6) is -0.566. The largest absolute Gasteiger partial charge is 0.368 e. The van der Waals surface area contributed by atoms with Gasteiger partial charge in [-0.1, -0.05) is 13.8 Å². The van der Waals surface area contributed by atoms with Gasteiger partial charge >= 0.3 is 0 Å². The SMILES string of the molecule is CCC(CC)(CN)C(=O)N(CC(N)=O)C(C)C. The van der Waals surface area contributed by atoms with Crippen LogP contribution in [0.5, 0.6) is 0 Å². The lowest BCUT2D eigenvalue weighted by atomic mass is 9.80. The molecule has 0 aliphatic carbocycles. The molecule has 5 nitrogen and oxygen atoms in total. The maximum absolute atomic E-state index is 12.5. The third-order valence-electron chi connectivity index (χ3n) is 3.41. The Kier molecular flexibility index (Phi) is 6.16. The fraction of sp³-hybridized carbons (Fsp3) is 0.833. The second kappa shape index (κ2) is 6.59. The van der Waals surface area contributed by atoms with E-state index in [9.17, 15) is 9.59 Å². The first-order valence-corrected chi connectivity index (χ1v) is 6.14. The van der Waals surface area contributed by atoms with Crippen LogP contribution in [0.4, 0.5) is 0 Å². The first kappa shape index (κ1) is 15.9. The van der Waals surface area contributed by atoms with Gasteiger partial charge in [-0.05, 0) is 26.7 Å². The molecule has 0 atom stereocenters. The number of primary amides is 1. The zero-order valence-electron chi connectivity index (χ0n) is 11.3. The molecule has 0 aromatic rings. The van der Waals surface area contributed by atoms with Crippen molar-refractivity contribution >= 4 is 11.8 Å². The summed E-state index contributed by atoms with van der Waals surface area (Å²) in [6.07, 6.45) is 1.33. The van der Waals surface area contributed by atoms with Crippen molar-refractivity contribution < 1.29 is 9.59 Å². The Morgan fingerprint density at radius 2 is 1.71 bits per heavy atom. The van der Waals surface area contributed by atoms with E-state index in [1.165, 1.54) is 4.90 Å². The second-order valence-electron chi connectivity index (χ2n) is 4.68. The van der Waals surface area contributed by atoms with Gasteiger partial charge in [-0.15, -0.1) is 0 Å². The molecule has 0 bridgehead atoms. The van der Waals surface area contributed by atoms with E-state index in [1.54, 1.807) is 0 Å². The van der Waals surface area contributed by atoms with Crippen LogP contribution in [-0.2, 0) is 9.59 Å². The van der Waals surface area contributed by atoms with E-state index in [2.05, 4.69) is 0 Å². The van der Waals surface area contributed by atoms with Gasteiger partial charge in [0, 0.05) is 12.6 Å². The van der Waals surface area contributed by atoms with Crippen LogP contribution in [0, 0.1) is 5.41 Å². The van der Waals surface area contributed by atoms with Crippen LogP contribution in [0.15, 0.2) is 0 Å². The number of carbonyl (C=O) groups is 2. The molecule has 0 rings (SSSR count). The van der Waals surface area contributed by atoms with Crippen molar-refractivity contribution in [1.29, 1.82) is 0 Å². The molecule has 0 saturated carbocycles. The molecule has 4 N–H and O–H groups in total. The standard InChI is InChI=1S/C12H25N3O2/c1-5-12(6-2,8-13)11(17)15(9(3)4)7-10(14)16/h9H,5-8,13H2,1-4H3,(H2,14,16). The average Bonchev–Trinajstić information content (AvgIpc) is 2.28. The molecule has 0 aliphatic rings. The molecule has 17 heavy (non-hydrogen) atoms. The summed E-state index contributed by atoms with van der Waals surface area (Å²) in [5, 5.41) is 0. The van der Waals surface area contributed by atoms with E-state index in [0.717, 1.165) is 0 Å². The average molecular weight is 243 g/mol. The first-order valence-electron chi connectivity index (χ1n) is 6.14. The summed E-state index contributed by atoms with van der Waals surface area (Å²) in [6, 6.07) is -0.0565. The van der Waals surface area contributed by atoms with Gasteiger partial charge in [0.25, 0.3) is 0 Å². The summed E-state index contributed by atoms with van der Waals surface area (Å²) in [4.78, 5) is 25.0. The Labute approximate surface area is 104 Å². The monoisotopic (exact) mass is 243 g/mol. The van der Waals surface area contributed by atoms with Crippen LogP contribution in [0.1, 0.15) is 40.5 Å². The predicted molar refractivity (Wildman–Crippen MR) is 68.1 cm³/mol. The lowest BCUT2D eigenvalue weighted by molar-refractivity contribution is -0.146. The van der Waals surface area contributed by atoms with E-state index < -0.39 is 11.3 Å². The highest BCUT2D eigenvalue weighted by Gasteiger charge is 2.38. The van der Waals surface area contributed by atoms with Crippen molar-refractivity contribution in [3.05, 3.63) is 0 Å². The fourth-order valence-corrected chi connectivity index (χ4v) is 1.89. The lowest BCUT2D eigenvalue weighted by Crippen LogP contribution is -2.52. The number of hydrogen-bond donors (Lipinski definition) is 2. The molecular weight excluding hydrogens is 218 g/mol. The maximum Gasteiger partial charge on any atom is 0.237 e. The van der Waals surface area contributed by atoms with Crippen molar-refractivity contribution in [2.45, 2.75) is 46.6 Å². The smallest absolute Gasteiger partial charge is 0.237 e. The minimum atomic E-state index is -0.570. The Hall–Kier alpha value is -1.10. The molecule has 5 heteroatoms. The summed E-state index contributed by atoms with van der Waals surface area (Å²) < 4.78 is 0. The van der Waals surface area contributed by atoms with Crippen molar-refractivity contribution in [3.8, 4) is 0 Å². The molecule has 0 aromatic heterocycles. The zero-order valence-corrected chi connectivity index (χ0v) is 11.3.